The first-order valence-corrected chi connectivity index (χ1v) is 12.1. The molecule has 0 amide bonds. The van der Waals surface area contributed by atoms with Gasteiger partial charge in [0, 0.05) is 30.1 Å². The molecule has 2 unspecified atom stereocenters. The summed E-state index contributed by atoms with van der Waals surface area (Å²) in [4.78, 5) is 56.0. The monoisotopic (exact) mass is 490 g/mol. The van der Waals surface area contributed by atoms with Gasteiger partial charge in [0.05, 0.1) is 0 Å². The predicted octanol–water partition coefficient (Wildman–Crippen LogP) is 4.46. The third-order valence-corrected chi connectivity index (χ3v) is 7.51. The molecule has 0 N–H and O–H groups in total. The second-order valence-electron chi connectivity index (χ2n) is 10.8. The van der Waals surface area contributed by atoms with Crippen molar-refractivity contribution in [3.05, 3.63) is 30.4 Å². The van der Waals surface area contributed by atoms with Crippen molar-refractivity contribution >= 4 is 23.6 Å². The first kappa shape index (κ1) is 26.8. The number of aromatic nitrogens is 2. The van der Waals surface area contributed by atoms with Gasteiger partial charge in [-0.2, -0.15) is 0 Å². The second kappa shape index (κ2) is 9.32. The fraction of sp³-hybridized carbons (Fsp3) is 0.654. The molecule has 8 nitrogen and oxygen atoms in total. The van der Waals surface area contributed by atoms with Crippen LogP contribution in [-0.4, -0.2) is 50.1 Å². The van der Waals surface area contributed by atoms with Crippen LogP contribution in [0.15, 0.2) is 30.4 Å². The van der Waals surface area contributed by atoms with Gasteiger partial charge in [0.2, 0.25) is 0 Å². The molecule has 7 atom stereocenters. The Hall–Kier alpha value is -2.84. The van der Waals surface area contributed by atoms with Gasteiger partial charge in [0.25, 0.3) is 5.67 Å². The SMILES string of the molecule is C/C1=C\[C@](C)(OC(=O)n2ccnc2)C2(C[C@H]2C)OC(=O)[C@@](C)(F)C(=O)[C@H](C)CC(C)C[C@@H](C)C1=O. The highest BCUT2D eigenvalue weighted by atomic mass is 19.1. The Bertz CT molecular complexity index is 1050. The van der Waals surface area contributed by atoms with E-state index in [1.165, 1.54) is 31.7 Å². The van der Waals surface area contributed by atoms with Crippen molar-refractivity contribution in [2.24, 2.45) is 23.7 Å². The summed E-state index contributed by atoms with van der Waals surface area (Å²) in [5, 5.41) is 0. The van der Waals surface area contributed by atoms with Gasteiger partial charge in [-0.15, -0.1) is 0 Å². The van der Waals surface area contributed by atoms with Crippen LogP contribution < -0.4 is 0 Å². The number of ether oxygens (including phenoxy) is 2. The number of halogens is 1. The molecule has 1 fully saturated rings. The van der Waals surface area contributed by atoms with Crippen LogP contribution >= 0.6 is 0 Å². The van der Waals surface area contributed by atoms with E-state index in [0.717, 1.165) is 11.5 Å². The topological polar surface area (TPSA) is 105 Å². The van der Waals surface area contributed by atoms with Crippen molar-refractivity contribution in [2.45, 2.75) is 84.6 Å². The molecule has 1 spiro atoms. The molecule has 192 valence electrons. The molecule has 2 heterocycles. The van der Waals surface area contributed by atoms with Gasteiger partial charge in [-0.05, 0) is 57.6 Å². The summed E-state index contributed by atoms with van der Waals surface area (Å²) in [7, 11) is 0. The lowest BCUT2D eigenvalue weighted by atomic mass is 9.81. The molecule has 0 bridgehead atoms. The van der Waals surface area contributed by atoms with Crippen molar-refractivity contribution in [2.75, 3.05) is 0 Å². The Morgan fingerprint density at radius 1 is 1.14 bits per heavy atom. The Morgan fingerprint density at radius 2 is 1.74 bits per heavy atom. The van der Waals surface area contributed by atoms with E-state index in [2.05, 4.69) is 4.98 Å². The molecule has 1 aliphatic carbocycles. The van der Waals surface area contributed by atoms with Crippen LogP contribution in [0.5, 0.6) is 0 Å². The van der Waals surface area contributed by atoms with Gasteiger partial charge in [0.15, 0.2) is 22.8 Å². The average Bonchev–Trinajstić information content (AvgIpc) is 3.16. The second-order valence-corrected chi connectivity index (χ2v) is 10.8. The third-order valence-electron chi connectivity index (χ3n) is 7.51. The summed E-state index contributed by atoms with van der Waals surface area (Å²) in [6.45, 7) is 11.1. The van der Waals surface area contributed by atoms with Gasteiger partial charge in [0.1, 0.15) is 6.33 Å². The molecule has 3 rings (SSSR count). The van der Waals surface area contributed by atoms with Crippen LogP contribution in [0.25, 0.3) is 0 Å². The van der Waals surface area contributed by atoms with E-state index < -0.39 is 40.6 Å². The summed E-state index contributed by atoms with van der Waals surface area (Å²) in [6.07, 6.45) is 5.84. The van der Waals surface area contributed by atoms with E-state index in [1.54, 1.807) is 27.7 Å². The Balaban J connectivity index is 2.12. The number of hydrogen-bond acceptors (Lipinski definition) is 7. The maximum Gasteiger partial charge on any atom is 0.420 e. The summed E-state index contributed by atoms with van der Waals surface area (Å²) in [6, 6.07) is 0. The lowest BCUT2D eigenvalue weighted by molar-refractivity contribution is -0.181. The van der Waals surface area contributed by atoms with Crippen molar-refractivity contribution in [3.8, 4) is 0 Å². The third kappa shape index (κ3) is 4.95. The Labute approximate surface area is 205 Å². The molecular weight excluding hydrogens is 455 g/mol. The number of alkyl halides is 1. The minimum Gasteiger partial charge on any atom is -0.451 e. The zero-order valence-electron chi connectivity index (χ0n) is 21.5. The number of imidazole rings is 1. The molecule has 1 aromatic heterocycles. The quantitative estimate of drug-likeness (QED) is 0.423. The zero-order valence-corrected chi connectivity index (χ0v) is 21.5. The number of rotatable bonds is 1. The molecule has 35 heavy (non-hydrogen) atoms. The highest BCUT2D eigenvalue weighted by molar-refractivity contribution is 6.07. The minimum absolute atomic E-state index is 0.0595. The first-order valence-electron chi connectivity index (χ1n) is 12.1. The van der Waals surface area contributed by atoms with Crippen molar-refractivity contribution in [1.29, 1.82) is 0 Å². The maximum absolute atomic E-state index is 15.6. The molecular formula is C26H35FN2O6. The molecule has 1 aromatic rings. The van der Waals surface area contributed by atoms with E-state index in [9.17, 15) is 19.2 Å². The predicted molar refractivity (Wildman–Crippen MR) is 125 cm³/mol. The van der Waals surface area contributed by atoms with Crippen LogP contribution in [0, 0.1) is 23.7 Å². The average molecular weight is 491 g/mol. The highest BCUT2D eigenvalue weighted by Gasteiger charge is 2.69. The van der Waals surface area contributed by atoms with Crippen LogP contribution in [0.3, 0.4) is 0 Å². The van der Waals surface area contributed by atoms with Crippen LogP contribution in [-0.2, 0) is 23.9 Å². The summed E-state index contributed by atoms with van der Waals surface area (Å²) in [5.41, 5.74) is -5.57. The van der Waals surface area contributed by atoms with Gasteiger partial charge in [-0.25, -0.2) is 23.5 Å². The molecule has 0 saturated heterocycles. The van der Waals surface area contributed by atoms with Crippen molar-refractivity contribution in [1.82, 2.24) is 9.55 Å². The normalized spacial score (nSPS) is 40.5. The Kier molecular flexibility index (Phi) is 7.12. The van der Waals surface area contributed by atoms with Crippen molar-refractivity contribution in [3.63, 3.8) is 0 Å². The van der Waals surface area contributed by atoms with Crippen LogP contribution in [0.2, 0.25) is 0 Å². The number of esters is 1. The van der Waals surface area contributed by atoms with E-state index in [0.29, 0.717) is 18.4 Å². The molecule has 2 aliphatic rings. The van der Waals surface area contributed by atoms with Crippen LogP contribution in [0.1, 0.15) is 67.7 Å². The number of hydrogen-bond donors (Lipinski definition) is 0. The molecule has 1 saturated carbocycles. The Morgan fingerprint density at radius 3 is 2.29 bits per heavy atom. The lowest BCUT2D eigenvalue weighted by Gasteiger charge is -2.37. The van der Waals surface area contributed by atoms with E-state index >= 15 is 4.39 Å². The fourth-order valence-corrected chi connectivity index (χ4v) is 5.39. The van der Waals surface area contributed by atoms with Crippen molar-refractivity contribution < 1.29 is 33.0 Å². The van der Waals surface area contributed by atoms with Gasteiger partial charge >= 0.3 is 12.1 Å². The minimum atomic E-state index is -2.87. The molecule has 0 radical (unpaired) electrons. The summed E-state index contributed by atoms with van der Waals surface area (Å²) in [5.74, 6) is -3.81. The van der Waals surface area contributed by atoms with E-state index in [-0.39, 0.29) is 30.0 Å². The van der Waals surface area contributed by atoms with Gasteiger partial charge in [-0.3, -0.25) is 9.59 Å². The smallest absolute Gasteiger partial charge is 0.420 e. The lowest BCUT2D eigenvalue weighted by Crippen LogP contribution is -2.53. The summed E-state index contributed by atoms with van der Waals surface area (Å²) < 4.78 is 28.3. The highest BCUT2D eigenvalue weighted by Crippen LogP contribution is 2.57. The van der Waals surface area contributed by atoms with Crippen LogP contribution in [0.4, 0.5) is 9.18 Å². The van der Waals surface area contributed by atoms with E-state index in [4.69, 9.17) is 9.47 Å². The largest absolute Gasteiger partial charge is 0.451 e. The fourth-order valence-electron chi connectivity index (χ4n) is 5.39. The van der Waals surface area contributed by atoms with Gasteiger partial charge < -0.3 is 9.47 Å². The number of carbonyl (C=O) groups excluding carboxylic acids is 4. The van der Waals surface area contributed by atoms with Gasteiger partial charge in [-0.1, -0.05) is 27.7 Å². The van der Waals surface area contributed by atoms with E-state index in [1.807, 2.05) is 6.92 Å². The number of allylic oxidation sites excluding steroid dienone is 1. The summed E-state index contributed by atoms with van der Waals surface area (Å²) >= 11 is 0. The number of nitrogens with zero attached hydrogens (tertiary/aromatic N) is 2. The number of Topliss-reactive ketones (excluding diaryl/α,β-unsaturated/α-hetero) is 2. The number of ketones is 2. The molecule has 0 aromatic carbocycles. The zero-order chi connectivity index (χ0) is 26.3. The first-order chi connectivity index (χ1) is 16.1. The molecule has 1 aliphatic heterocycles. The standard InChI is InChI=1S/C26H35FN2O6/c1-15-10-16(2)20(30)18(4)12-24(6,35-23(33)29-9-8-28-14-29)26(13-19(26)5)34-22(32)25(7,27)21(31)17(3)11-15/h8-9,12,14-17,19H,10-11,13H2,1-7H3/b18-12+/t15?,16-,17-,19-,24+,25+,26?/m1/s1. The molecule has 9 heteroatoms. The number of carbonyl (C=O) groups is 4. The maximum atomic E-state index is 15.6.